The molecule has 0 radical (unpaired) electrons. The van der Waals surface area contributed by atoms with Gasteiger partial charge in [0.2, 0.25) is 0 Å². The summed E-state index contributed by atoms with van der Waals surface area (Å²) < 4.78 is 19.1. The number of urea groups is 1. The molecule has 1 aromatic rings. The molecule has 1 heterocycles. The van der Waals surface area contributed by atoms with Crippen molar-refractivity contribution in [2.24, 2.45) is 11.8 Å². The van der Waals surface area contributed by atoms with Gasteiger partial charge in [-0.1, -0.05) is 0 Å². The molecule has 1 saturated carbocycles. The molecule has 1 saturated heterocycles. The number of carbonyl (C=O) groups is 1. The minimum Gasteiger partial charge on any atom is -0.491 e. The minimum atomic E-state index is -0.382. The van der Waals surface area contributed by atoms with Crippen molar-refractivity contribution in [3.8, 4) is 5.75 Å². The van der Waals surface area contributed by atoms with Crippen LogP contribution in [0.15, 0.2) is 18.2 Å². The normalized spacial score (nSPS) is 21.1. The highest BCUT2D eigenvalue weighted by Crippen LogP contribution is 2.32. The predicted octanol–water partition coefficient (Wildman–Crippen LogP) is 2.85. The summed E-state index contributed by atoms with van der Waals surface area (Å²) in [6, 6.07) is 3.92. The molecule has 2 N–H and O–H groups in total. The first-order valence-corrected chi connectivity index (χ1v) is 8.25. The van der Waals surface area contributed by atoms with Crippen LogP contribution in [0.5, 0.6) is 5.75 Å². The Bertz CT molecular complexity index is 563. The van der Waals surface area contributed by atoms with E-state index in [2.05, 4.69) is 5.32 Å². The van der Waals surface area contributed by atoms with Gasteiger partial charge < -0.3 is 20.1 Å². The van der Waals surface area contributed by atoms with Crippen LogP contribution in [0.25, 0.3) is 0 Å². The summed E-state index contributed by atoms with van der Waals surface area (Å²) in [5.41, 5.74) is 0.489. The van der Waals surface area contributed by atoms with E-state index in [-0.39, 0.29) is 24.4 Å². The fourth-order valence-corrected chi connectivity index (χ4v) is 2.80. The molecule has 1 atom stereocenters. The summed E-state index contributed by atoms with van der Waals surface area (Å²) in [6.45, 7) is 1.86. The number of halogens is 1. The number of hydrogen-bond donors (Lipinski definition) is 2. The quantitative estimate of drug-likeness (QED) is 0.876. The monoisotopic (exact) mass is 322 g/mol. The Morgan fingerprint density at radius 1 is 1.35 bits per heavy atom. The van der Waals surface area contributed by atoms with Gasteiger partial charge in [-0.05, 0) is 49.7 Å². The van der Waals surface area contributed by atoms with Gasteiger partial charge in [-0.2, -0.15) is 0 Å². The molecule has 0 spiro atoms. The molecule has 6 heteroatoms. The van der Waals surface area contributed by atoms with Gasteiger partial charge in [-0.15, -0.1) is 0 Å². The predicted molar refractivity (Wildman–Crippen MR) is 85.0 cm³/mol. The van der Waals surface area contributed by atoms with Crippen LogP contribution in [0.1, 0.15) is 25.7 Å². The van der Waals surface area contributed by atoms with Gasteiger partial charge in [0.1, 0.15) is 11.6 Å². The molecule has 2 amide bonds. The maximum absolute atomic E-state index is 13.4. The molecule has 0 bridgehead atoms. The zero-order valence-corrected chi connectivity index (χ0v) is 13.1. The third-order valence-electron chi connectivity index (χ3n) is 4.42. The number of nitrogens with one attached hydrogen (secondary N) is 1. The van der Waals surface area contributed by atoms with Gasteiger partial charge in [-0.3, -0.25) is 0 Å². The molecule has 23 heavy (non-hydrogen) atoms. The van der Waals surface area contributed by atoms with Crippen molar-refractivity contribution in [3.63, 3.8) is 0 Å². The average molecular weight is 322 g/mol. The first kappa shape index (κ1) is 16.1. The van der Waals surface area contributed by atoms with Crippen LogP contribution in [0.2, 0.25) is 0 Å². The number of aliphatic hydroxyl groups is 1. The highest BCUT2D eigenvalue weighted by molar-refractivity contribution is 5.91. The minimum absolute atomic E-state index is 0.0933. The van der Waals surface area contributed by atoms with Gasteiger partial charge in [-0.25, -0.2) is 9.18 Å². The van der Waals surface area contributed by atoms with Crippen LogP contribution in [-0.2, 0) is 0 Å². The molecule has 126 valence electrons. The lowest BCUT2D eigenvalue weighted by Crippen LogP contribution is -2.43. The maximum Gasteiger partial charge on any atom is 0.321 e. The second-order valence-corrected chi connectivity index (χ2v) is 6.46. The van der Waals surface area contributed by atoms with E-state index in [4.69, 9.17) is 4.74 Å². The number of benzene rings is 1. The standard InChI is InChI=1S/C17H23FN2O3/c18-14-5-6-15(16(8-14)23-11-12-3-4-12)19-17(22)20-7-1-2-13(9-20)10-21/h5-6,8,12-13,21H,1-4,7,9-11H2,(H,19,22). The van der Waals surface area contributed by atoms with Crippen LogP contribution in [0, 0.1) is 17.7 Å². The summed E-state index contributed by atoms with van der Waals surface area (Å²) >= 11 is 0. The Kier molecular flexibility index (Phi) is 5.00. The van der Waals surface area contributed by atoms with Gasteiger partial charge >= 0.3 is 6.03 Å². The fourth-order valence-electron chi connectivity index (χ4n) is 2.80. The molecular weight excluding hydrogens is 299 g/mol. The number of piperidine rings is 1. The smallest absolute Gasteiger partial charge is 0.321 e. The van der Waals surface area contributed by atoms with E-state index in [9.17, 15) is 14.3 Å². The highest BCUT2D eigenvalue weighted by atomic mass is 19.1. The van der Waals surface area contributed by atoms with Crippen LogP contribution in [0.4, 0.5) is 14.9 Å². The van der Waals surface area contributed by atoms with Crippen molar-refractivity contribution < 1.29 is 19.0 Å². The van der Waals surface area contributed by atoms with E-state index >= 15 is 0 Å². The maximum atomic E-state index is 13.4. The molecule has 1 aliphatic heterocycles. The second-order valence-electron chi connectivity index (χ2n) is 6.46. The lowest BCUT2D eigenvalue weighted by atomic mass is 9.99. The van der Waals surface area contributed by atoms with E-state index in [0.717, 1.165) is 25.7 Å². The van der Waals surface area contributed by atoms with Crippen molar-refractivity contribution >= 4 is 11.7 Å². The van der Waals surface area contributed by atoms with Crippen LogP contribution >= 0.6 is 0 Å². The first-order chi connectivity index (χ1) is 11.2. The highest BCUT2D eigenvalue weighted by Gasteiger charge is 2.25. The third kappa shape index (κ3) is 4.34. The molecule has 1 aliphatic carbocycles. The number of hydrogen-bond acceptors (Lipinski definition) is 3. The van der Waals surface area contributed by atoms with E-state index in [1.54, 1.807) is 4.90 Å². The zero-order valence-electron chi connectivity index (χ0n) is 13.1. The molecule has 2 fully saturated rings. The van der Waals surface area contributed by atoms with Crippen LogP contribution < -0.4 is 10.1 Å². The van der Waals surface area contributed by atoms with Crippen LogP contribution in [0.3, 0.4) is 0 Å². The number of ether oxygens (including phenoxy) is 1. The summed E-state index contributed by atoms with van der Waals surface area (Å²) in [7, 11) is 0. The van der Waals surface area contributed by atoms with Crippen molar-refractivity contribution in [1.29, 1.82) is 0 Å². The Hall–Kier alpha value is -1.82. The molecule has 1 unspecified atom stereocenters. The first-order valence-electron chi connectivity index (χ1n) is 8.25. The van der Waals surface area contributed by atoms with E-state index in [1.165, 1.54) is 18.2 Å². The fraction of sp³-hybridized carbons (Fsp3) is 0.588. The largest absolute Gasteiger partial charge is 0.491 e. The van der Waals surface area contributed by atoms with Crippen molar-refractivity contribution in [2.45, 2.75) is 25.7 Å². The number of likely N-dealkylation sites (tertiary alicyclic amines) is 1. The van der Waals surface area contributed by atoms with Gasteiger partial charge in [0.15, 0.2) is 0 Å². The Balaban J connectivity index is 1.64. The zero-order chi connectivity index (χ0) is 16.2. The number of nitrogens with zero attached hydrogens (tertiary/aromatic N) is 1. The SMILES string of the molecule is O=C(Nc1ccc(F)cc1OCC1CC1)N1CCCC(CO)C1. The summed E-state index contributed by atoms with van der Waals surface area (Å²) in [5.74, 6) is 0.676. The van der Waals surface area contributed by atoms with Crippen molar-refractivity contribution in [1.82, 2.24) is 4.90 Å². The summed E-state index contributed by atoms with van der Waals surface area (Å²) in [5, 5.41) is 12.1. The number of amides is 2. The Labute approximate surface area is 135 Å². The Morgan fingerprint density at radius 3 is 2.91 bits per heavy atom. The van der Waals surface area contributed by atoms with Gasteiger partial charge in [0.05, 0.1) is 12.3 Å². The molecule has 2 aliphatic rings. The Morgan fingerprint density at radius 2 is 2.17 bits per heavy atom. The molecule has 5 nitrogen and oxygen atoms in total. The number of aliphatic hydroxyl groups excluding tert-OH is 1. The number of anilines is 1. The van der Waals surface area contributed by atoms with Crippen LogP contribution in [-0.4, -0.2) is 42.3 Å². The lowest BCUT2D eigenvalue weighted by Gasteiger charge is -2.32. The van der Waals surface area contributed by atoms with Gasteiger partial charge in [0.25, 0.3) is 0 Å². The number of carbonyl (C=O) groups excluding carboxylic acids is 1. The second kappa shape index (κ2) is 7.17. The summed E-state index contributed by atoms with van der Waals surface area (Å²) in [6.07, 6.45) is 4.11. The molecule has 0 aromatic heterocycles. The third-order valence-corrected chi connectivity index (χ3v) is 4.42. The topological polar surface area (TPSA) is 61.8 Å². The average Bonchev–Trinajstić information content (AvgIpc) is 3.39. The van der Waals surface area contributed by atoms with Crippen molar-refractivity contribution in [2.75, 3.05) is 31.6 Å². The van der Waals surface area contributed by atoms with Gasteiger partial charge in [0, 0.05) is 25.8 Å². The van der Waals surface area contributed by atoms with E-state index in [0.29, 0.717) is 37.1 Å². The lowest BCUT2D eigenvalue weighted by molar-refractivity contribution is 0.136. The molecule has 1 aromatic carbocycles. The summed E-state index contributed by atoms with van der Waals surface area (Å²) in [4.78, 5) is 14.1. The molecule has 3 rings (SSSR count). The number of rotatable bonds is 5. The molecular formula is C17H23FN2O3. The van der Waals surface area contributed by atoms with Crippen molar-refractivity contribution in [3.05, 3.63) is 24.0 Å². The van der Waals surface area contributed by atoms with E-state index in [1.807, 2.05) is 0 Å². The van der Waals surface area contributed by atoms with E-state index < -0.39 is 0 Å².